The largest absolute Gasteiger partial charge is 0.454 e. The highest BCUT2D eigenvalue weighted by Gasteiger charge is 2.10. The monoisotopic (exact) mass is 482 g/mol. The Balaban J connectivity index is 1.61. The van der Waals surface area contributed by atoms with Crippen LogP contribution in [-0.4, -0.2) is 27.5 Å². The van der Waals surface area contributed by atoms with Crippen molar-refractivity contribution in [2.24, 2.45) is 14.1 Å². The van der Waals surface area contributed by atoms with Crippen LogP contribution in [0.2, 0.25) is 0 Å². The third-order valence-corrected chi connectivity index (χ3v) is 5.13. The number of ketones is 1. The fourth-order valence-corrected chi connectivity index (χ4v) is 3.13. The summed E-state index contributed by atoms with van der Waals surface area (Å²) >= 11 is 3.39. The summed E-state index contributed by atoms with van der Waals surface area (Å²) in [6.45, 7) is -0.425. The summed E-state index contributed by atoms with van der Waals surface area (Å²) in [5, 5.41) is 0. The van der Waals surface area contributed by atoms with Crippen molar-refractivity contribution in [3.8, 4) is 11.1 Å². The Morgan fingerprint density at radius 3 is 2.16 bits per heavy atom. The molecule has 8 heteroatoms. The van der Waals surface area contributed by atoms with Gasteiger partial charge in [-0.05, 0) is 29.3 Å². The number of carbonyl (C=O) groups is 2. The van der Waals surface area contributed by atoms with Crippen LogP contribution in [0.4, 0.5) is 0 Å². The third kappa shape index (κ3) is 5.35. The first-order chi connectivity index (χ1) is 14.8. The number of rotatable bonds is 6. The lowest BCUT2D eigenvalue weighted by molar-refractivity contribution is -0.136. The molecule has 158 valence electrons. The zero-order valence-corrected chi connectivity index (χ0v) is 18.5. The van der Waals surface area contributed by atoms with E-state index in [2.05, 4.69) is 15.9 Å². The Labute approximate surface area is 186 Å². The van der Waals surface area contributed by atoms with Gasteiger partial charge in [-0.25, -0.2) is 9.59 Å². The molecule has 3 aromatic rings. The minimum absolute atomic E-state index is 0.149. The number of nitrogens with zero attached hydrogens (tertiary/aromatic N) is 2. The highest BCUT2D eigenvalue weighted by molar-refractivity contribution is 9.10. The maximum Gasteiger partial charge on any atom is 0.331 e. The number of Topliss-reactive ketones (excluding diaryl/α,β-unsaturated/α-hetero) is 1. The van der Waals surface area contributed by atoms with Crippen LogP contribution in [0.25, 0.3) is 17.2 Å². The van der Waals surface area contributed by atoms with Gasteiger partial charge >= 0.3 is 11.7 Å². The maximum atomic E-state index is 12.3. The molecule has 0 radical (unpaired) electrons. The molecule has 0 spiro atoms. The highest BCUT2D eigenvalue weighted by atomic mass is 79.9. The summed E-state index contributed by atoms with van der Waals surface area (Å²) in [5.74, 6) is -1.11. The van der Waals surface area contributed by atoms with Crippen LogP contribution < -0.4 is 11.2 Å². The molecule has 0 aliphatic carbocycles. The molecule has 7 nitrogen and oxygen atoms in total. The van der Waals surface area contributed by atoms with Crippen molar-refractivity contribution >= 4 is 33.8 Å². The quantitative estimate of drug-likeness (QED) is 0.306. The SMILES string of the molecule is Cn1cc(/C=C/C(=O)OCC(=O)c2ccc(-c3ccc(Br)cc3)cc2)c(=O)n(C)c1=O. The van der Waals surface area contributed by atoms with Crippen molar-refractivity contribution < 1.29 is 14.3 Å². The van der Waals surface area contributed by atoms with Crippen LogP contribution in [0, 0.1) is 0 Å². The Kier molecular flexibility index (Phi) is 6.81. The van der Waals surface area contributed by atoms with Crippen LogP contribution >= 0.6 is 15.9 Å². The normalized spacial score (nSPS) is 10.9. The van der Waals surface area contributed by atoms with Gasteiger partial charge in [-0.3, -0.25) is 14.2 Å². The number of carbonyl (C=O) groups excluding carboxylic acids is 2. The number of aryl methyl sites for hydroxylation is 1. The topological polar surface area (TPSA) is 87.4 Å². The van der Waals surface area contributed by atoms with E-state index >= 15 is 0 Å². The minimum atomic E-state index is -0.768. The summed E-state index contributed by atoms with van der Waals surface area (Å²) < 4.78 is 8.12. The number of hydrogen-bond donors (Lipinski definition) is 0. The lowest BCUT2D eigenvalue weighted by Crippen LogP contribution is -2.37. The number of esters is 1. The van der Waals surface area contributed by atoms with Gasteiger partial charge in [0.05, 0.1) is 5.56 Å². The van der Waals surface area contributed by atoms with Crippen LogP contribution in [0.3, 0.4) is 0 Å². The number of ether oxygens (including phenoxy) is 1. The van der Waals surface area contributed by atoms with E-state index in [9.17, 15) is 19.2 Å². The number of benzene rings is 2. The van der Waals surface area contributed by atoms with Crippen LogP contribution in [0.1, 0.15) is 15.9 Å². The summed E-state index contributed by atoms with van der Waals surface area (Å²) in [7, 11) is 2.85. The summed E-state index contributed by atoms with van der Waals surface area (Å²) in [6.07, 6.45) is 3.62. The minimum Gasteiger partial charge on any atom is -0.454 e. The number of aromatic nitrogens is 2. The zero-order chi connectivity index (χ0) is 22.5. The van der Waals surface area contributed by atoms with Gasteiger partial charge in [-0.1, -0.05) is 52.3 Å². The van der Waals surface area contributed by atoms with Crippen LogP contribution in [0.5, 0.6) is 0 Å². The fourth-order valence-electron chi connectivity index (χ4n) is 2.87. The molecule has 0 aliphatic rings. The van der Waals surface area contributed by atoms with Crippen molar-refractivity contribution in [2.45, 2.75) is 0 Å². The van der Waals surface area contributed by atoms with Crippen molar-refractivity contribution in [3.05, 3.63) is 97.2 Å². The molecule has 0 unspecified atom stereocenters. The van der Waals surface area contributed by atoms with E-state index in [0.29, 0.717) is 5.56 Å². The average molecular weight is 483 g/mol. The molecular weight excluding hydrogens is 464 g/mol. The molecule has 0 saturated carbocycles. The van der Waals surface area contributed by atoms with Crippen LogP contribution in [0.15, 0.2) is 74.9 Å². The molecule has 0 amide bonds. The van der Waals surface area contributed by atoms with E-state index in [1.807, 2.05) is 36.4 Å². The standard InChI is InChI=1S/C23H19BrN2O5/c1-25-13-18(22(29)26(2)23(25)30)9-12-21(28)31-14-20(27)17-5-3-15(4-6-17)16-7-10-19(24)11-8-16/h3-13H,14H2,1-2H3/b12-9+. The second-order valence-electron chi connectivity index (χ2n) is 6.79. The van der Waals surface area contributed by atoms with Gasteiger partial charge in [0.1, 0.15) is 0 Å². The number of halogens is 1. The lowest BCUT2D eigenvalue weighted by Gasteiger charge is -2.05. The lowest BCUT2D eigenvalue weighted by atomic mass is 10.0. The molecule has 0 aliphatic heterocycles. The van der Waals surface area contributed by atoms with Gasteiger partial charge in [0, 0.05) is 36.4 Å². The van der Waals surface area contributed by atoms with Gasteiger partial charge in [0.25, 0.3) is 5.56 Å². The van der Waals surface area contributed by atoms with E-state index in [4.69, 9.17) is 4.74 Å². The first-order valence-corrected chi connectivity index (χ1v) is 10.1. The number of hydrogen-bond acceptors (Lipinski definition) is 5. The van der Waals surface area contributed by atoms with E-state index in [-0.39, 0.29) is 11.3 Å². The van der Waals surface area contributed by atoms with Gasteiger partial charge in [0.15, 0.2) is 12.4 Å². The average Bonchev–Trinajstić information content (AvgIpc) is 2.78. The summed E-state index contributed by atoms with van der Waals surface area (Å²) in [4.78, 5) is 47.9. The van der Waals surface area contributed by atoms with Crippen molar-refractivity contribution in [1.29, 1.82) is 0 Å². The molecule has 0 N–H and O–H groups in total. The first kappa shape index (κ1) is 22.2. The molecule has 0 saturated heterocycles. The van der Waals surface area contributed by atoms with Gasteiger partial charge in [-0.2, -0.15) is 0 Å². The van der Waals surface area contributed by atoms with E-state index in [0.717, 1.165) is 26.2 Å². The molecule has 1 aromatic heterocycles. The third-order valence-electron chi connectivity index (χ3n) is 4.60. The molecular formula is C23H19BrN2O5. The van der Waals surface area contributed by atoms with E-state index in [1.54, 1.807) is 12.1 Å². The molecule has 0 atom stereocenters. The van der Waals surface area contributed by atoms with Crippen molar-refractivity contribution in [1.82, 2.24) is 9.13 Å². The van der Waals surface area contributed by atoms with Gasteiger partial charge in [0.2, 0.25) is 0 Å². The second-order valence-corrected chi connectivity index (χ2v) is 7.71. The Bertz CT molecular complexity index is 1270. The highest BCUT2D eigenvalue weighted by Crippen LogP contribution is 2.22. The fraction of sp³-hybridized carbons (Fsp3) is 0.130. The smallest absolute Gasteiger partial charge is 0.331 e. The second kappa shape index (κ2) is 9.53. The molecule has 31 heavy (non-hydrogen) atoms. The first-order valence-electron chi connectivity index (χ1n) is 9.27. The van der Waals surface area contributed by atoms with E-state index < -0.39 is 23.8 Å². The predicted octanol–water partition coefficient (Wildman–Crippen LogP) is 2.95. The van der Waals surface area contributed by atoms with E-state index in [1.165, 1.54) is 30.9 Å². The Morgan fingerprint density at radius 1 is 0.968 bits per heavy atom. The Morgan fingerprint density at radius 2 is 1.55 bits per heavy atom. The molecule has 0 bridgehead atoms. The molecule has 0 fully saturated rings. The summed E-state index contributed by atoms with van der Waals surface area (Å²) in [5.41, 5.74) is 1.54. The molecule has 3 rings (SSSR count). The predicted molar refractivity (Wildman–Crippen MR) is 121 cm³/mol. The molecule has 1 heterocycles. The van der Waals surface area contributed by atoms with Gasteiger partial charge < -0.3 is 9.30 Å². The Hall–Kier alpha value is -3.52. The molecule has 2 aromatic carbocycles. The summed E-state index contributed by atoms with van der Waals surface area (Å²) in [6, 6.07) is 14.8. The van der Waals surface area contributed by atoms with Crippen molar-refractivity contribution in [2.75, 3.05) is 6.61 Å². The van der Waals surface area contributed by atoms with Crippen molar-refractivity contribution in [3.63, 3.8) is 0 Å². The maximum absolute atomic E-state index is 12.3. The van der Waals surface area contributed by atoms with Gasteiger partial charge in [-0.15, -0.1) is 0 Å². The van der Waals surface area contributed by atoms with Crippen LogP contribution in [-0.2, 0) is 23.6 Å². The zero-order valence-electron chi connectivity index (χ0n) is 16.9.